The van der Waals surface area contributed by atoms with Gasteiger partial charge in [0.1, 0.15) is 0 Å². The van der Waals surface area contributed by atoms with Crippen molar-refractivity contribution in [2.24, 2.45) is 0 Å². The monoisotopic (exact) mass is 127 g/mol. The maximum atomic E-state index is 10.2. The average Bonchev–Trinajstić information content (AvgIpc) is 2.37. The number of H-pyrrole nitrogens is 1. The second-order valence-electron chi connectivity index (χ2n) is 1.85. The smallest absolute Gasteiger partial charge is 0.153 e. The van der Waals surface area contributed by atoms with Crippen LogP contribution in [-0.4, -0.2) is 27.2 Å². The van der Waals surface area contributed by atoms with E-state index >= 15 is 0 Å². The number of aromatic nitrogens is 4. The predicted octanol–water partition coefficient (Wildman–Crippen LogP) is -0.266. The van der Waals surface area contributed by atoms with Crippen LogP contribution < -0.4 is 0 Å². The molecule has 1 radical (unpaired) electrons. The lowest BCUT2D eigenvalue weighted by Crippen LogP contribution is -1.99. The Kier molecular flexibility index (Phi) is 1.74. The second-order valence-corrected chi connectivity index (χ2v) is 1.85. The fraction of sp³-hybridized carbons (Fsp3) is 0.750. The summed E-state index contributed by atoms with van der Waals surface area (Å²) >= 11 is 0. The molecule has 1 heterocycles. The second kappa shape index (κ2) is 2.54. The third-order valence-corrected chi connectivity index (χ3v) is 1.08. The Bertz CT molecular complexity index is 161. The van der Waals surface area contributed by atoms with Crippen molar-refractivity contribution in [3.63, 3.8) is 0 Å². The first-order valence-electron chi connectivity index (χ1n) is 2.66. The van der Waals surface area contributed by atoms with E-state index in [0.717, 1.165) is 0 Å². The van der Waals surface area contributed by atoms with Crippen molar-refractivity contribution >= 4 is 0 Å². The first-order chi connectivity index (χ1) is 4.34. The molecule has 1 atom stereocenters. The third kappa shape index (κ3) is 1.23. The predicted molar refractivity (Wildman–Crippen MR) is 28.1 cm³/mol. The minimum Gasteiger partial charge on any atom is -0.243 e. The van der Waals surface area contributed by atoms with Gasteiger partial charge in [0, 0.05) is 5.92 Å². The summed E-state index contributed by atoms with van der Waals surface area (Å²) in [7, 11) is 0. The Hall–Kier alpha value is -0.970. The van der Waals surface area contributed by atoms with Gasteiger partial charge < -0.3 is 0 Å². The lowest BCUT2D eigenvalue weighted by molar-refractivity contribution is 0.174. The summed E-state index contributed by atoms with van der Waals surface area (Å²) in [5, 5.41) is 23.0. The Morgan fingerprint density at radius 1 is 1.78 bits per heavy atom. The molecule has 1 unspecified atom stereocenters. The van der Waals surface area contributed by atoms with Crippen LogP contribution in [0.1, 0.15) is 18.7 Å². The van der Waals surface area contributed by atoms with E-state index in [0.29, 0.717) is 5.82 Å². The highest BCUT2D eigenvalue weighted by molar-refractivity contribution is 4.86. The number of tetrazole rings is 1. The van der Waals surface area contributed by atoms with Gasteiger partial charge in [0.25, 0.3) is 0 Å². The summed E-state index contributed by atoms with van der Waals surface area (Å²) in [6.07, 6.45) is 0. The van der Waals surface area contributed by atoms with Gasteiger partial charge in [-0.2, -0.15) is 0 Å². The third-order valence-electron chi connectivity index (χ3n) is 1.08. The SMILES string of the molecule is CC(C[O])c1nnn[nH]1. The Labute approximate surface area is 52.1 Å². The van der Waals surface area contributed by atoms with Crippen LogP contribution in [0, 0.1) is 0 Å². The van der Waals surface area contributed by atoms with Crippen LogP contribution in [0.3, 0.4) is 0 Å². The zero-order valence-electron chi connectivity index (χ0n) is 5.03. The van der Waals surface area contributed by atoms with Gasteiger partial charge in [-0.3, -0.25) is 0 Å². The van der Waals surface area contributed by atoms with Gasteiger partial charge in [0.15, 0.2) is 5.82 Å². The molecule has 0 aromatic carbocycles. The number of aromatic amines is 1. The maximum Gasteiger partial charge on any atom is 0.153 e. The summed E-state index contributed by atoms with van der Waals surface area (Å²) < 4.78 is 0. The maximum absolute atomic E-state index is 10.2. The molecule has 0 saturated carbocycles. The number of nitrogens with zero attached hydrogens (tertiary/aromatic N) is 3. The van der Waals surface area contributed by atoms with Crippen molar-refractivity contribution in [3.05, 3.63) is 5.82 Å². The highest BCUT2D eigenvalue weighted by Gasteiger charge is 2.06. The van der Waals surface area contributed by atoms with Crippen LogP contribution in [0.4, 0.5) is 0 Å². The van der Waals surface area contributed by atoms with Gasteiger partial charge in [-0.15, -0.1) is 5.10 Å². The fourth-order valence-electron chi connectivity index (χ4n) is 0.454. The molecule has 1 rings (SSSR count). The van der Waals surface area contributed by atoms with E-state index < -0.39 is 0 Å². The quantitative estimate of drug-likeness (QED) is 0.594. The van der Waals surface area contributed by atoms with E-state index in [2.05, 4.69) is 20.6 Å². The van der Waals surface area contributed by atoms with E-state index in [4.69, 9.17) is 0 Å². The summed E-state index contributed by atoms with van der Waals surface area (Å²) in [5.41, 5.74) is 0. The van der Waals surface area contributed by atoms with Gasteiger partial charge in [0.2, 0.25) is 0 Å². The molecule has 0 saturated heterocycles. The van der Waals surface area contributed by atoms with E-state index in [1.54, 1.807) is 6.92 Å². The Morgan fingerprint density at radius 2 is 2.56 bits per heavy atom. The molecule has 5 nitrogen and oxygen atoms in total. The van der Waals surface area contributed by atoms with Crippen LogP contribution in [0.25, 0.3) is 0 Å². The molecular weight excluding hydrogens is 120 g/mol. The lowest BCUT2D eigenvalue weighted by atomic mass is 10.2. The molecule has 9 heavy (non-hydrogen) atoms. The minimum atomic E-state index is -0.184. The van der Waals surface area contributed by atoms with Gasteiger partial charge in [-0.05, 0) is 10.4 Å². The number of hydrogen-bond acceptors (Lipinski definition) is 3. The lowest BCUT2D eigenvalue weighted by Gasteiger charge is -1.96. The van der Waals surface area contributed by atoms with Crippen molar-refractivity contribution in [1.82, 2.24) is 20.6 Å². The molecule has 0 aliphatic heterocycles. The molecule has 0 aliphatic rings. The first-order valence-corrected chi connectivity index (χ1v) is 2.66. The zero-order valence-corrected chi connectivity index (χ0v) is 5.03. The van der Waals surface area contributed by atoms with E-state index in [9.17, 15) is 5.11 Å². The van der Waals surface area contributed by atoms with Crippen LogP contribution >= 0.6 is 0 Å². The van der Waals surface area contributed by atoms with E-state index in [1.165, 1.54) is 0 Å². The molecule has 5 heteroatoms. The first kappa shape index (κ1) is 6.15. The summed E-state index contributed by atoms with van der Waals surface area (Å²) in [6.45, 7) is 1.59. The number of nitrogens with one attached hydrogen (secondary N) is 1. The summed E-state index contributed by atoms with van der Waals surface area (Å²) in [5.74, 6) is 0.449. The van der Waals surface area contributed by atoms with Crippen molar-refractivity contribution in [3.8, 4) is 0 Å². The molecule has 0 fully saturated rings. The van der Waals surface area contributed by atoms with Crippen LogP contribution in [0.5, 0.6) is 0 Å². The highest BCUT2D eigenvalue weighted by atomic mass is 16.3. The van der Waals surface area contributed by atoms with Gasteiger partial charge in [0.05, 0.1) is 6.61 Å². The van der Waals surface area contributed by atoms with E-state index in [1.807, 2.05) is 0 Å². The molecule has 0 spiro atoms. The van der Waals surface area contributed by atoms with Gasteiger partial charge >= 0.3 is 0 Å². The molecule has 0 bridgehead atoms. The van der Waals surface area contributed by atoms with Gasteiger partial charge in [-0.1, -0.05) is 6.92 Å². The molecule has 0 amide bonds. The molecular formula is C4H7N4O. The summed E-state index contributed by atoms with van der Waals surface area (Å²) in [4.78, 5) is 0. The van der Waals surface area contributed by atoms with Crippen molar-refractivity contribution < 1.29 is 5.11 Å². The Balaban J connectivity index is 2.65. The number of rotatable bonds is 2. The molecule has 0 aliphatic carbocycles. The average molecular weight is 127 g/mol. The standard InChI is InChI=1S/C4H7N4O/c1-3(2-9)4-5-7-8-6-4/h3H,2H2,1H3,(H,5,6,7,8). The number of hydrogen-bond donors (Lipinski definition) is 1. The summed E-state index contributed by atoms with van der Waals surface area (Å²) in [6, 6.07) is 0. The zero-order chi connectivity index (χ0) is 6.69. The Morgan fingerprint density at radius 3 is 3.00 bits per heavy atom. The topological polar surface area (TPSA) is 74.4 Å². The molecule has 1 aromatic heterocycles. The van der Waals surface area contributed by atoms with Crippen LogP contribution in [0.2, 0.25) is 0 Å². The van der Waals surface area contributed by atoms with Crippen LogP contribution in [0.15, 0.2) is 0 Å². The normalized spacial score (nSPS) is 13.6. The molecule has 1 N–H and O–H groups in total. The van der Waals surface area contributed by atoms with E-state index in [-0.39, 0.29) is 12.5 Å². The molecule has 49 valence electrons. The minimum absolute atomic E-state index is 0.111. The van der Waals surface area contributed by atoms with Gasteiger partial charge in [-0.25, -0.2) is 10.2 Å². The van der Waals surface area contributed by atoms with Crippen molar-refractivity contribution in [2.75, 3.05) is 6.61 Å². The largest absolute Gasteiger partial charge is 0.243 e. The van der Waals surface area contributed by atoms with Crippen molar-refractivity contribution in [2.45, 2.75) is 12.8 Å². The fourth-order valence-corrected chi connectivity index (χ4v) is 0.454. The van der Waals surface area contributed by atoms with Crippen molar-refractivity contribution in [1.29, 1.82) is 0 Å². The highest BCUT2D eigenvalue weighted by Crippen LogP contribution is 2.04. The molecule has 1 aromatic rings. The van der Waals surface area contributed by atoms with Crippen LogP contribution in [-0.2, 0) is 5.11 Å².